The Bertz CT molecular complexity index is 430. The average Bonchev–Trinajstić information content (AvgIpc) is 2.31. The fourth-order valence-electron chi connectivity index (χ4n) is 2.80. The standard InChI is InChI=1S/C16H32O4Si2/c1-9-13(21(3,4)5)12(11-14(17)18)16(19)20-15(10-2)22(6,7)8/h11,13,15H,9-10H2,1-8H3,(H,17,18). The monoisotopic (exact) mass is 344 g/mol. The highest BCUT2D eigenvalue weighted by Crippen LogP contribution is 2.34. The van der Waals surface area contributed by atoms with E-state index in [1.165, 1.54) is 0 Å². The molecule has 0 aromatic heterocycles. The van der Waals surface area contributed by atoms with Gasteiger partial charge in [0, 0.05) is 11.6 Å². The van der Waals surface area contributed by atoms with Gasteiger partial charge in [-0.15, -0.1) is 0 Å². The summed E-state index contributed by atoms with van der Waals surface area (Å²) in [5.74, 6) is -1.52. The summed E-state index contributed by atoms with van der Waals surface area (Å²) in [6.45, 7) is 16.9. The lowest BCUT2D eigenvalue weighted by atomic mass is 10.1. The van der Waals surface area contributed by atoms with Gasteiger partial charge >= 0.3 is 11.9 Å². The highest BCUT2D eigenvalue weighted by Gasteiger charge is 2.36. The van der Waals surface area contributed by atoms with E-state index in [4.69, 9.17) is 9.84 Å². The molecule has 128 valence electrons. The summed E-state index contributed by atoms with van der Waals surface area (Å²) < 4.78 is 5.72. The summed E-state index contributed by atoms with van der Waals surface area (Å²) in [6, 6.07) is 0. The van der Waals surface area contributed by atoms with Crippen molar-refractivity contribution in [3.8, 4) is 0 Å². The van der Waals surface area contributed by atoms with E-state index in [1.54, 1.807) is 0 Å². The smallest absolute Gasteiger partial charge is 0.334 e. The minimum absolute atomic E-state index is 0.00441. The van der Waals surface area contributed by atoms with Gasteiger partial charge in [0.2, 0.25) is 0 Å². The molecule has 0 aliphatic carbocycles. The van der Waals surface area contributed by atoms with Crippen molar-refractivity contribution in [3.05, 3.63) is 11.6 Å². The molecule has 2 atom stereocenters. The van der Waals surface area contributed by atoms with Crippen LogP contribution in [0.4, 0.5) is 0 Å². The molecule has 0 saturated heterocycles. The van der Waals surface area contributed by atoms with Crippen molar-refractivity contribution in [1.29, 1.82) is 0 Å². The maximum atomic E-state index is 12.6. The van der Waals surface area contributed by atoms with Gasteiger partial charge < -0.3 is 9.84 Å². The average molecular weight is 345 g/mol. The number of esters is 1. The van der Waals surface area contributed by atoms with Gasteiger partial charge in [-0.3, -0.25) is 0 Å². The first-order chi connectivity index (χ1) is 9.84. The number of hydrogen-bond acceptors (Lipinski definition) is 3. The minimum Gasteiger partial charge on any atom is -0.478 e. The van der Waals surface area contributed by atoms with Crippen LogP contribution in [0.25, 0.3) is 0 Å². The lowest BCUT2D eigenvalue weighted by Crippen LogP contribution is -2.42. The second-order valence-electron chi connectivity index (χ2n) is 7.93. The predicted octanol–water partition coefficient (Wildman–Crippen LogP) is 4.32. The molecule has 22 heavy (non-hydrogen) atoms. The third-order valence-corrected chi connectivity index (χ3v) is 9.20. The Balaban J connectivity index is 5.56. The molecule has 0 aromatic carbocycles. The topological polar surface area (TPSA) is 63.6 Å². The zero-order valence-electron chi connectivity index (χ0n) is 15.3. The van der Waals surface area contributed by atoms with Crippen molar-refractivity contribution in [2.24, 2.45) is 0 Å². The Kier molecular flexibility index (Phi) is 7.78. The molecule has 0 rings (SSSR count). The van der Waals surface area contributed by atoms with E-state index >= 15 is 0 Å². The molecule has 0 radical (unpaired) electrons. The van der Waals surface area contributed by atoms with E-state index in [0.717, 1.165) is 18.9 Å². The zero-order valence-corrected chi connectivity index (χ0v) is 17.3. The Labute approximate surface area is 137 Å². The first-order valence-electron chi connectivity index (χ1n) is 8.00. The number of carbonyl (C=O) groups is 2. The molecule has 0 fully saturated rings. The number of carboxylic acid groups (broad SMARTS) is 1. The molecule has 0 bridgehead atoms. The number of ether oxygens (including phenoxy) is 1. The van der Waals surface area contributed by atoms with Gasteiger partial charge in [0.25, 0.3) is 0 Å². The van der Waals surface area contributed by atoms with Gasteiger partial charge in [-0.25, -0.2) is 9.59 Å². The lowest BCUT2D eigenvalue weighted by Gasteiger charge is -2.32. The first kappa shape index (κ1) is 21.1. The Morgan fingerprint density at radius 2 is 1.50 bits per heavy atom. The molecular weight excluding hydrogens is 312 g/mol. The van der Waals surface area contributed by atoms with Crippen LogP contribution < -0.4 is 0 Å². The SMILES string of the molecule is CCC(OC(=O)C(=CC(=O)O)C(CC)[Si](C)(C)C)[Si](C)(C)C. The normalized spacial score (nSPS) is 16.1. The summed E-state index contributed by atoms with van der Waals surface area (Å²) in [7, 11) is -3.34. The van der Waals surface area contributed by atoms with Crippen molar-refractivity contribution < 1.29 is 19.4 Å². The van der Waals surface area contributed by atoms with Crippen molar-refractivity contribution in [2.75, 3.05) is 0 Å². The first-order valence-corrected chi connectivity index (χ1v) is 15.2. The Morgan fingerprint density at radius 1 is 1.00 bits per heavy atom. The summed E-state index contributed by atoms with van der Waals surface area (Å²) in [6.07, 6.45) is 2.59. The van der Waals surface area contributed by atoms with Gasteiger partial charge in [-0.2, -0.15) is 0 Å². The summed E-state index contributed by atoms with van der Waals surface area (Å²) in [5, 5.41) is 9.13. The zero-order chi connectivity index (χ0) is 17.7. The van der Waals surface area contributed by atoms with Crippen LogP contribution in [0.1, 0.15) is 26.7 Å². The fraction of sp³-hybridized carbons (Fsp3) is 0.750. The summed E-state index contributed by atoms with van der Waals surface area (Å²) in [4.78, 5) is 23.8. The Hall–Kier alpha value is -0.886. The molecule has 2 unspecified atom stereocenters. The van der Waals surface area contributed by atoms with E-state index in [9.17, 15) is 9.59 Å². The number of aliphatic carboxylic acids is 1. The largest absolute Gasteiger partial charge is 0.478 e. The van der Waals surface area contributed by atoms with Crippen LogP contribution in [0.5, 0.6) is 0 Å². The van der Waals surface area contributed by atoms with Crippen LogP contribution in [-0.4, -0.2) is 38.9 Å². The quantitative estimate of drug-likeness (QED) is 0.405. The third-order valence-electron chi connectivity index (χ3n) is 3.93. The van der Waals surface area contributed by atoms with Crippen LogP contribution in [0.15, 0.2) is 11.6 Å². The molecule has 0 aliphatic rings. The van der Waals surface area contributed by atoms with E-state index in [2.05, 4.69) is 39.3 Å². The van der Waals surface area contributed by atoms with Crippen LogP contribution in [0, 0.1) is 0 Å². The van der Waals surface area contributed by atoms with Gasteiger partial charge in [0.1, 0.15) is 0 Å². The molecule has 0 amide bonds. The molecule has 0 aliphatic heterocycles. The molecule has 6 heteroatoms. The summed E-state index contributed by atoms with van der Waals surface area (Å²) >= 11 is 0. The van der Waals surface area contributed by atoms with E-state index < -0.39 is 28.1 Å². The van der Waals surface area contributed by atoms with Crippen LogP contribution in [0.2, 0.25) is 44.8 Å². The molecule has 0 saturated carbocycles. The lowest BCUT2D eigenvalue weighted by molar-refractivity contribution is -0.142. The third kappa shape index (κ3) is 6.48. The number of rotatable bonds is 8. The van der Waals surface area contributed by atoms with Crippen molar-refractivity contribution >= 4 is 28.1 Å². The molecule has 4 nitrogen and oxygen atoms in total. The highest BCUT2D eigenvalue weighted by molar-refractivity contribution is 6.79. The number of carboxylic acids is 1. The van der Waals surface area contributed by atoms with Crippen LogP contribution in [-0.2, 0) is 14.3 Å². The van der Waals surface area contributed by atoms with Gasteiger partial charge in [0.15, 0.2) is 0 Å². The second-order valence-corrected chi connectivity index (χ2v) is 18.7. The highest BCUT2D eigenvalue weighted by atomic mass is 28.3. The molecule has 1 N–H and O–H groups in total. The molecule has 0 spiro atoms. The minimum atomic E-state index is -1.71. The van der Waals surface area contributed by atoms with Crippen LogP contribution >= 0.6 is 0 Å². The fourth-order valence-corrected chi connectivity index (χ4v) is 6.85. The van der Waals surface area contributed by atoms with Gasteiger partial charge in [-0.05, 0) is 12.0 Å². The second kappa shape index (κ2) is 8.10. The van der Waals surface area contributed by atoms with Crippen molar-refractivity contribution in [2.45, 2.75) is 77.2 Å². The van der Waals surface area contributed by atoms with E-state index in [0.29, 0.717) is 5.57 Å². The van der Waals surface area contributed by atoms with Crippen molar-refractivity contribution in [1.82, 2.24) is 0 Å². The summed E-state index contributed by atoms with van der Waals surface area (Å²) in [5.41, 5.74) is 0.248. The number of hydrogen-bond donors (Lipinski definition) is 1. The molecule has 0 heterocycles. The van der Waals surface area contributed by atoms with E-state index in [1.807, 2.05) is 13.8 Å². The van der Waals surface area contributed by atoms with E-state index in [-0.39, 0.29) is 11.3 Å². The van der Waals surface area contributed by atoms with Crippen molar-refractivity contribution in [3.63, 3.8) is 0 Å². The van der Waals surface area contributed by atoms with Gasteiger partial charge in [0.05, 0.1) is 21.9 Å². The molecular formula is C16H32O4Si2. The molecule has 0 aromatic rings. The maximum absolute atomic E-state index is 12.6. The number of carbonyl (C=O) groups excluding carboxylic acids is 1. The predicted molar refractivity (Wildman–Crippen MR) is 96.6 cm³/mol. The van der Waals surface area contributed by atoms with Gasteiger partial charge in [-0.1, -0.05) is 59.6 Å². The Morgan fingerprint density at radius 3 is 1.77 bits per heavy atom. The maximum Gasteiger partial charge on any atom is 0.334 e. The van der Waals surface area contributed by atoms with Crippen LogP contribution in [0.3, 0.4) is 0 Å².